The first-order chi connectivity index (χ1) is 8.19. The molecule has 4 heteroatoms. The molecule has 0 aromatic carbocycles. The maximum atomic E-state index is 11.9. The quantitative estimate of drug-likeness (QED) is 0.840. The molecule has 0 saturated heterocycles. The number of hydrogen-bond donors (Lipinski definition) is 1. The summed E-state index contributed by atoms with van der Waals surface area (Å²) in [6.45, 7) is 0. The zero-order valence-corrected chi connectivity index (χ0v) is 9.60. The van der Waals surface area contributed by atoms with Crippen molar-refractivity contribution < 1.29 is 0 Å². The zero-order valence-electron chi connectivity index (χ0n) is 9.60. The molecule has 0 atom stereocenters. The summed E-state index contributed by atoms with van der Waals surface area (Å²) in [5, 5.41) is 8.77. The molecule has 0 bridgehead atoms. The first kappa shape index (κ1) is 10.4. The maximum absolute atomic E-state index is 11.9. The molecule has 3 rings (SSSR count). The molecule has 2 saturated carbocycles. The van der Waals surface area contributed by atoms with Gasteiger partial charge in [0.15, 0.2) is 0 Å². The predicted molar refractivity (Wildman–Crippen MR) is 64.5 cm³/mol. The highest BCUT2D eigenvalue weighted by Gasteiger charge is 2.32. The number of nitriles is 1. The van der Waals surface area contributed by atoms with Crippen molar-refractivity contribution in [2.75, 3.05) is 5.73 Å². The zero-order chi connectivity index (χ0) is 12.0. The normalized spacial score (nSPS) is 27.2. The van der Waals surface area contributed by atoms with Crippen LogP contribution in [0.25, 0.3) is 0 Å². The third kappa shape index (κ3) is 1.72. The Kier molecular flexibility index (Phi) is 2.22. The molecular formula is C13H15N3O. The van der Waals surface area contributed by atoms with Gasteiger partial charge in [0, 0.05) is 12.2 Å². The lowest BCUT2D eigenvalue weighted by Gasteiger charge is -2.32. The highest BCUT2D eigenvalue weighted by Crippen LogP contribution is 2.42. The third-order valence-electron chi connectivity index (χ3n) is 3.83. The lowest BCUT2D eigenvalue weighted by molar-refractivity contribution is 0.243. The fraction of sp³-hybridized carbons (Fsp3) is 0.538. The number of pyridine rings is 1. The third-order valence-corrected chi connectivity index (χ3v) is 3.83. The van der Waals surface area contributed by atoms with Crippen LogP contribution in [-0.2, 0) is 0 Å². The smallest absolute Gasteiger partial charge is 0.273 e. The van der Waals surface area contributed by atoms with E-state index in [0.717, 1.165) is 12.8 Å². The second-order valence-corrected chi connectivity index (χ2v) is 5.17. The van der Waals surface area contributed by atoms with Crippen LogP contribution >= 0.6 is 0 Å². The highest BCUT2D eigenvalue weighted by molar-refractivity contribution is 5.40. The van der Waals surface area contributed by atoms with E-state index in [9.17, 15) is 4.79 Å². The van der Waals surface area contributed by atoms with E-state index in [-0.39, 0.29) is 17.5 Å². The molecule has 2 aliphatic rings. The number of rotatable bonds is 2. The van der Waals surface area contributed by atoms with E-state index in [1.807, 2.05) is 12.3 Å². The molecule has 17 heavy (non-hydrogen) atoms. The van der Waals surface area contributed by atoms with Crippen LogP contribution < -0.4 is 11.3 Å². The van der Waals surface area contributed by atoms with Gasteiger partial charge >= 0.3 is 0 Å². The van der Waals surface area contributed by atoms with E-state index in [1.54, 1.807) is 4.57 Å². The van der Waals surface area contributed by atoms with Crippen molar-refractivity contribution in [2.45, 2.75) is 37.6 Å². The molecule has 0 amide bonds. The summed E-state index contributed by atoms with van der Waals surface area (Å²) in [6.07, 6.45) is 5.91. The van der Waals surface area contributed by atoms with Gasteiger partial charge in [0.1, 0.15) is 0 Å². The highest BCUT2D eigenvalue weighted by atomic mass is 16.1. The standard InChI is InChI=1S/C13H15N3O/c14-6-8-3-11(4-8)16-7-10(9-1-2-9)5-12(15)13(16)17/h5,7-9,11H,1-4,15H2/t8-,11+. The van der Waals surface area contributed by atoms with Crippen LogP contribution in [0.2, 0.25) is 0 Å². The second-order valence-electron chi connectivity index (χ2n) is 5.17. The lowest BCUT2D eigenvalue weighted by atomic mass is 9.81. The van der Waals surface area contributed by atoms with Gasteiger partial charge in [-0.05, 0) is 43.2 Å². The van der Waals surface area contributed by atoms with Gasteiger partial charge in [0.25, 0.3) is 5.56 Å². The van der Waals surface area contributed by atoms with Crippen molar-refractivity contribution in [3.63, 3.8) is 0 Å². The predicted octanol–water partition coefficient (Wildman–Crippen LogP) is 1.78. The van der Waals surface area contributed by atoms with Crippen molar-refractivity contribution in [1.82, 2.24) is 4.57 Å². The fourth-order valence-corrected chi connectivity index (χ4v) is 2.48. The summed E-state index contributed by atoms with van der Waals surface area (Å²) < 4.78 is 1.75. The monoisotopic (exact) mass is 229 g/mol. The van der Waals surface area contributed by atoms with Gasteiger partial charge in [-0.25, -0.2) is 0 Å². The van der Waals surface area contributed by atoms with Gasteiger partial charge in [-0.1, -0.05) is 0 Å². The topological polar surface area (TPSA) is 71.8 Å². The Morgan fingerprint density at radius 1 is 1.41 bits per heavy atom. The van der Waals surface area contributed by atoms with Crippen LogP contribution in [0, 0.1) is 17.2 Å². The summed E-state index contributed by atoms with van der Waals surface area (Å²) in [6, 6.07) is 4.23. The number of aromatic nitrogens is 1. The van der Waals surface area contributed by atoms with Gasteiger partial charge in [-0.15, -0.1) is 0 Å². The summed E-state index contributed by atoms with van der Waals surface area (Å²) in [7, 11) is 0. The Morgan fingerprint density at radius 2 is 2.12 bits per heavy atom. The van der Waals surface area contributed by atoms with Crippen molar-refractivity contribution in [1.29, 1.82) is 5.26 Å². The van der Waals surface area contributed by atoms with E-state index >= 15 is 0 Å². The minimum absolute atomic E-state index is 0.101. The van der Waals surface area contributed by atoms with Crippen LogP contribution in [-0.4, -0.2) is 4.57 Å². The van der Waals surface area contributed by atoms with E-state index < -0.39 is 0 Å². The molecule has 2 N–H and O–H groups in total. The van der Waals surface area contributed by atoms with E-state index in [2.05, 4.69) is 6.07 Å². The lowest BCUT2D eigenvalue weighted by Crippen LogP contribution is -2.34. The largest absolute Gasteiger partial charge is 0.394 e. The summed E-state index contributed by atoms with van der Waals surface area (Å²) >= 11 is 0. The molecule has 1 heterocycles. The van der Waals surface area contributed by atoms with Gasteiger partial charge in [-0.3, -0.25) is 4.79 Å². The number of nitrogens with two attached hydrogens (primary N) is 1. The number of nitrogen functional groups attached to an aromatic ring is 1. The van der Waals surface area contributed by atoms with E-state index in [0.29, 0.717) is 11.6 Å². The molecule has 2 aliphatic carbocycles. The Hall–Kier alpha value is -1.76. The molecule has 1 aromatic rings. The average molecular weight is 229 g/mol. The molecule has 2 fully saturated rings. The van der Waals surface area contributed by atoms with Crippen LogP contribution in [0.5, 0.6) is 0 Å². The Bertz CT molecular complexity index is 545. The first-order valence-electron chi connectivity index (χ1n) is 6.10. The minimum atomic E-state index is -0.101. The second kappa shape index (κ2) is 3.63. The number of nitrogens with zero attached hydrogens (tertiary/aromatic N) is 2. The van der Waals surface area contributed by atoms with Gasteiger partial charge < -0.3 is 10.3 Å². The Morgan fingerprint density at radius 3 is 2.71 bits per heavy atom. The van der Waals surface area contributed by atoms with Gasteiger partial charge in [0.05, 0.1) is 17.7 Å². The van der Waals surface area contributed by atoms with E-state index in [4.69, 9.17) is 11.0 Å². The SMILES string of the molecule is N#C[C@H]1C[C@@H](n2cc(C3CC3)cc(N)c2=O)C1. The average Bonchev–Trinajstić information content (AvgIpc) is 3.06. The van der Waals surface area contributed by atoms with Crippen molar-refractivity contribution >= 4 is 5.69 Å². The summed E-state index contributed by atoms with van der Waals surface area (Å²) in [5.74, 6) is 0.702. The van der Waals surface area contributed by atoms with E-state index in [1.165, 1.54) is 18.4 Å². The summed E-state index contributed by atoms with van der Waals surface area (Å²) in [4.78, 5) is 11.9. The van der Waals surface area contributed by atoms with Crippen LogP contribution in [0.1, 0.15) is 43.2 Å². The van der Waals surface area contributed by atoms with Crippen LogP contribution in [0.4, 0.5) is 5.69 Å². The Labute approximate surface area is 99.7 Å². The van der Waals surface area contributed by atoms with Crippen molar-refractivity contribution in [2.24, 2.45) is 5.92 Å². The van der Waals surface area contributed by atoms with Crippen LogP contribution in [0.15, 0.2) is 17.1 Å². The molecule has 0 aliphatic heterocycles. The molecule has 0 spiro atoms. The molecular weight excluding hydrogens is 214 g/mol. The van der Waals surface area contributed by atoms with Gasteiger partial charge in [-0.2, -0.15) is 5.26 Å². The van der Waals surface area contributed by atoms with Gasteiger partial charge in [0.2, 0.25) is 0 Å². The fourth-order valence-electron chi connectivity index (χ4n) is 2.48. The maximum Gasteiger partial charge on any atom is 0.273 e. The molecule has 88 valence electrons. The Balaban J connectivity index is 1.93. The molecule has 0 radical (unpaired) electrons. The molecule has 4 nitrogen and oxygen atoms in total. The first-order valence-corrected chi connectivity index (χ1v) is 6.10. The van der Waals surface area contributed by atoms with Crippen molar-refractivity contribution in [3.8, 4) is 6.07 Å². The molecule has 0 unspecified atom stereocenters. The van der Waals surface area contributed by atoms with Crippen molar-refractivity contribution in [3.05, 3.63) is 28.2 Å². The summed E-state index contributed by atoms with van der Waals surface area (Å²) in [5.41, 5.74) is 7.20. The minimum Gasteiger partial charge on any atom is -0.394 e. The number of hydrogen-bond acceptors (Lipinski definition) is 3. The molecule has 1 aromatic heterocycles. The van der Waals surface area contributed by atoms with Crippen LogP contribution in [0.3, 0.4) is 0 Å². The number of anilines is 1.